The Bertz CT molecular complexity index is 759. The Morgan fingerprint density at radius 3 is 2.46 bits per heavy atom. The van der Waals surface area contributed by atoms with E-state index in [9.17, 15) is 4.79 Å². The summed E-state index contributed by atoms with van der Waals surface area (Å²) in [4.78, 5) is 16.7. The quantitative estimate of drug-likeness (QED) is 0.602. The molecule has 0 aromatic heterocycles. The van der Waals surface area contributed by atoms with Crippen molar-refractivity contribution in [1.82, 2.24) is 9.80 Å². The van der Waals surface area contributed by atoms with Crippen LogP contribution in [0.2, 0.25) is 5.02 Å². The average Bonchev–Trinajstić information content (AvgIpc) is 2.63. The summed E-state index contributed by atoms with van der Waals surface area (Å²) < 4.78 is 6.88. The van der Waals surface area contributed by atoms with Crippen molar-refractivity contribution in [2.24, 2.45) is 0 Å². The Hall–Kier alpha value is -1.31. The van der Waals surface area contributed by atoms with Crippen LogP contribution in [0.3, 0.4) is 0 Å². The highest BCUT2D eigenvalue weighted by atomic mass is 127. The van der Waals surface area contributed by atoms with E-state index in [1.807, 2.05) is 36.1 Å². The van der Waals surface area contributed by atoms with Crippen molar-refractivity contribution in [2.75, 3.05) is 32.8 Å². The van der Waals surface area contributed by atoms with Gasteiger partial charge in [-0.3, -0.25) is 9.69 Å². The molecular formula is C20H22ClIN2O2. The maximum atomic E-state index is 12.4. The maximum Gasteiger partial charge on any atom is 0.260 e. The third-order valence-corrected chi connectivity index (χ3v) is 5.46. The third kappa shape index (κ3) is 5.34. The second-order valence-electron chi connectivity index (χ2n) is 6.48. The number of hydrogen-bond donors (Lipinski definition) is 0. The predicted molar refractivity (Wildman–Crippen MR) is 113 cm³/mol. The first-order chi connectivity index (χ1) is 12.5. The molecule has 0 atom stereocenters. The van der Waals surface area contributed by atoms with E-state index in [1.165, 1.54) is 5.56 Å². The van der Waals surface area contributed by atoms with Crippen LogP contribution in [0.15, 0.2) is 42.5 Å². The van der Waals surface area contributed by atoms with E-state index < -0.39 is 0 Å². The Labute approximate surface area is 173 Å². The van der Waals surface area contributed by atoms with Gasteiger partial charge in [-0.25, -0.2) is 0 Å². The van der Waals surface area contributed by atoms with Crippen molar-refractivity contribution in [1.29, 1.82) is 0 Å². The Morgan fingerprint density at radius 2 is 1.81 bits per heavy atom. The van der Waals surface area contributed by atoms with E-state index in [4.69, 9.17) is 16.3 Å². The van der Waals surface area contributed by atoms with E-state index >= 15 is 0 Å². The molecule has 0 spiro atoms. The van der Waals surface area contributed by atoms with Crippen LogP contribution in [0, 0.1) is 10.5 Å². The first-order valence-corrected chi connectivity index (χ1v) is 10.1. The second-order valence-corrected chi connectivity index (χ2v) is 8.16. The monoisotopic (exact) mass is 484 g/mol. The number of nitrogens with zero attached hydrogens (tertiary/aromatic N) is 2. The molecule has 26 heavy (non-hydrogen) atoms. The number of hydrogen-bond acceptors (Lipinski definition) is 3. The van der Waals surface area contributed by atoms with E-state index in [-0.39, 0.29) is 12.5 Å². The van der Waals surface area contributed by atoms with Gasteiger partial charge >= 0.3 is 0 Å². The minimum atomic E-state index is 0.0501. The van der Waals surface area contributed by atoms with Crippen LogP contribution < -0.4 is 4.74 Å². The number of piperazine rings is 1. The zero-order chi connectivity index (χ0) is 18.5. The third-order valence-electron chi connectivity index (χ3n) is 4.53. The lowest BCUT2D eigenvalue weighted by Gasteiger charge is -2.34. The molecule has 0 aliphatic carbocycles. The van der Waals surface area contributed by atoms with Gasteiger partial charge in [0, 0.05) is 41.3 Å². The standard InChI is InChI=1S/C20H22ClIN2O2/c1-15-12-18(22)6-7-19(15)26-14-20(25)24-10-8-23(9-11-24)13-16-2-4-17(21)5-3-16/h2-7,12H,8-11,13-14H2,1H3. The van der Waals surface area contributed by atoms with Crippen LogP contribution in [0.1, 0.15) is 11.1 Å². The van der Waals surface area contributed by atoms with Gasteiger partial charge in [0.05, 0.1) is 0 Å². The second kappa shape index (κ2) is 9.06. The molecular weight excluding hydrogens is 463 g/mol. The van der Waals surface area contributed by atoms with Crippen molar-refractivity contribution in [3.63, 3.8) is 0 Å². The molecule has 1 amide bonds. The van der Waals surface area contributed by atoms with Crippen LogP contribution in [0.4, 0.5) is 0 Å². The van der Waals surface area contributed by atoms with E-state index in [0.29, 0.717) is 0 Å². The molecule has 138 valence electrons. The molecule has 1 aliphatic heterocycles. The summed E-state index contributed by atoms with van der Waals surface area (Å²) in [6, 6.07) is 13.9. The smallest absolute Gasteiger partial charge is 0.260 e. The summed E-state index contributed by atoms with van der Waals surface area (Å²) in [6.07, 6.45) is 0. The highest BCUT2D eigenvalue weighted by Gasteiger charge is 2.21. The normalized spacial score (nSPS) is 15.1. The lowest BCUT2D eigenvalue weighted by Crippen LogP contribution is -2.49. The van der Waals surface area contributed by atoms with Crippen LogP contribution >= 0.6 is 34.2 Å². The molecule has 2 aromatic rings. The van der Waals surface area contributed by atoms with E-state index in [2.05, 4.69) is 45.7 Å². The minimum absolute atomic E-state index is 0.0501. The highest BCUT2D eigenvalue weighted by Crippen LogP contribution is 2.20. The molecule has 1 fully saturated rings. The molecule has 2 aromatic carbocycles. The average molecular weight is 485 g/mol. The minimum Gasteiger partial charge on any atom is -0.483 e. The van der Waals surface area contributed by atoms with Crippen LogP contribution in [-0.4, -0.2) is 48.5 Å². The van der Waals surface area contributed by atoms with Gasteiger partial charge < -0.3 is 9.64 Å². The molecule has 1 heterocycles. The van der Waals surface area contributed by atoms with Crippen LogP contribution in [0.5, 0.6) is 5.75 Å². The van der Waals surface area contributed by atoms with Gasteiger partial charge in [0.15, 0.2) is 6.61 Å². The number of rotatable bonds is 5. The summed E-state index contributed by atoms with van der Waals surface area (Å²) in [5, 5.41) is 0.757. The molecule has 1 saturated heterocycles. The van der Waals surface area contributed by atoms with E-state index in [1.54, 1.807) is 0 Å². The maximum absolute atomic E-state index is 12.4. The SMILES string of the molecule is Cc1cc(I)ccc1OCC(=O)N1CCN(Cc2ccc(Cl)cc2)CC1. The topological polar surface area (TPSA) is 32.8 Å². The summed E-state index contributed by atoms with van der Waals surface area (Å²) in [6.45, 7) is 6.20. The van der Waals surface area contributed by atoms with Crippen molar-refractivity contribution in [3.8, 4) is 5.75 Å². The fraction of sp³-hybridized carbons (Fsp3) is 0.350. The van der Waals surface area contributed by atoms with E-state index in [0.717, 1.165) is 52.6 Å². The van der Waals surface area contributed by atoms with Gasteiger partial charge in [-0.05, 0) is 71.0 Å². The molecule has 0 radical (unpaired) electrons. The summed E-state index contributed by atoms with van der Waals surface area (Å²) in [5.74, 6) is 0.828. The van der Waals surface area contributed by atoms with Crippen molar-refractivity contribution < 1.29 is 9.53 Å². The van der Waals surface area contributed by atoms with Gasteiger partial charge in [0.1, 0.15) is 5.75 Å². The Balaban J connectivity index is 1.45. The summed E-state index contributed by atoms with van der Waals surface area (Å²) in [7, 11) is 0. The molecule has 0 bridgehead atoms. The first kappa shape index (κ1) is 19.5. The van der Waals surface area contributed by atoms with Crippen LogP contribution in [-0.2, 0) is 11.3 Å². The molecule has 0 saturated carbocycles. The fourth-order valence-corrected chi connectivity index (χ4v) is 3.78. The number of carbonyl (C=O) groups is 1. The number of halogens is 2. The lowest BCUT2D eigenvalue weighted by molar-refractivity contribution is -0.135. The number of carbonyl (C=O) groups excluding carboxylic acids is 1. The summed E-state index contributed by atoms with van der Waals surface area (Å²) in [5.41, 5.74) is 2.30. The van der Waals surface area contributed by atoms with Crippen LogP contribution in [0.25, 0.3) is 0 Å². The Kier molecular flexibility index (Phi) is 6.78. The van der Waals surface area contributed by atoms with Gasteiger partial charge in [-0.2, -0.15) is 0 Å². The van der Waals surface area contributed by atoms with Crippen molar-refractivity contribution >= 4 is 40.1 Å². The van der Waals surface area contributed by atoms with Gasteiger partial charge in [-0.15, -0.1) is 0 Å². The molecule has 3 rings (SSSR count). The largest absolute Gasteiger partial charge is 0.483 e. The first-order valence-electron chi connectivity index (χ1n) is 8.65. The molecule has 0 unspecified atom stereocenters. The molecule has 0 N–H and O–H groups in total. The molecule has 1 aliphatic rings. The highest BCUT2D eigenvalue weighted by molar-refractivity contribution is 14.1. The van der Waals surface area contributed by atoms with Crippen molar-refractivity contribution in [2.45, 2.75) is 13.5 Å². The fourth-order valence-electron chi connectivity index (χ4n) is 3.01. The Morgan fingerprint density at radius 1 is 1.12 bits per heavy atom. The predicted octanol–water partition coefficient (Wildman–Crippen LogP) is 3.98. The van der Waals surface area contributed by atoms with Gasteiger partial charge in [0.25, 0.3) is 5.91 Å². The number of aryl methyl sites for hydroxylation is 1. The number of amides is 1. The summed E-state index contributed by atoms with van der Waals surface area (Å²) >= 11 is 8.20. The van der Waals surface area contributed by atoms with Gasteiger partial charge in [0.2, 0.25) is 0 Å². The van der Waals surface area contributed by atoms with Crippen molar-refractivity contribution in [3.05, 3.63) is 62.2 Å². The lowest BCUT2D eigenvalue weighted by atomic mass is 10.2. The van der Waals surface area contributed by atoms with Gasteiger partial charge in [-0.1, -0.05) is 23.7 Å². The molecule has 4 nitrogen and oxygen atoms in total. The number of ether oxygens (including phenoxy) is 1. The zero-order valence-corrected chi connectivity index (χ0v) is 17.7. The zero-order valence-electron chi connectivity index (χ0n) is 14.8. The number of benzene rings is 2. The molecule has 6 heteroatoms.